The van der Waals surface area contributed by atoms with E-state index in [0.29, 0.717) is 26.3 Å². The number of carbonyl (C=O) groups is 1. The molecule has 0 bridgehead atoms. The van der Waals surface area contributed by atoms with E-state index in [9.17, 15) is 4.79 Å². The van der Waals surface area contributed by atoms with Crippen molar-refractivity contribution in [3.05, 3.63) is 30.1 Å². The molecule has 19 heavy (non-hydrogen) atoms. The summed E-state index contributed by atoms with van der Waals surface area (Å²) in [5.74, 6) is 0.0543. The molecule has 0 radical (unpaired) electrons. The van der Waals surface area contributed by atoms with Crippen LogP contribution < -0.4 is 5.32 Å². The number of rotatable bonds is 5. The van der Waals surface area contributed by atoms with Gasteiger partial charge in [-0.2, -0.15) is 0 Å². The summed E-state index contributed by atoms with van der Waals surface area (Å²) in [5, 5.41) is 3.15. The van der Waals surface area contributed by atoms with Crippen LogP contribution in [0.1, 0.15) is 12.6 Å². The molecule has 2 rings (SSSR count). The molecule has 0 aromatic carbocycles. The van der Waals surface area contributed by atoms with Crippen LogP contribution in [-0.2, 0) is 16.1 Å². The number of nitrogens with zero attached hydrogens (tertiary/aromatic N) is 2. The van der Waals surface area contributed by atoms with Gasteiger partial charge in [0.05, 0.1) is 31.4 Å². The van der Waals surface area contributed by atoms with Crippen molar-refractivity contribution in [1.82, 2.24) is 15.2 Å². The van der Waals surface area contributed by atoms with Gasteiger partial charge in [-0.25, -0.2) is 0 Å². The summed E-state index contributed by atoms with van der Waals surface area (Å²) in [6.07, 6.45) is 1.75. The molecular formula is C14H21N3O2. The molecule has 1 aromatic heterocycles. The molecule has 1 saturated heterocycles. The Hall–Kier alpha value is -1.46. The van der Waals surface area contributed by atoms with E-state index in [4.69, 9.17) is 4.74 Å². The van der Waals surface area contributed by atoms with E-state index in [2.05, 4.69) is 10.3 Å². The zero-order chi connectivity index (χ0) is 13.7. The molecule has 0 saturated carbocycles. The Morgan fingerprint density at radius 3 is 3.00 bits per heavy atom. The predicted octanol–water partition coefficient (Wildman–Crippen LogP) is 0.664. The van der Waals surface area contributed by atoms with Gasteiger partial charge in [-0.1, -0.05) is 6.07 Å². The molecule has 5 nitrogen and oxygen atoms in total. The van der Waals surface area contributed by atoms with Crippen LogP contribution in [0, 0.1) is 5.92 Å². The van der Waals surface area contributed by atoms with Crippen molar-refractivity contribution in [2.24, 2.45) is 5.92 Å². The molecule has 2 atom stereocenters. The van der Waals surface area contributed by atoms with E-state index in [1.165, 1.54) is 0 Å². The van der Waals surface area contributed by atoms with Gasteiger partial charge in [-0.3, -0.25) is 9.78 Å². The lowest BCUT2D eigenvalue weighted by Crippen LogP contribution is -2.44. The van der Waals surface area contributed by atoms with Crippen molar-refractivity contribution in [2.45, 2.75) is 19.5 Å². The lowest BCUT2D eigenvalue weighted by molar-refractivity contribution is -0.136. The maximum Gasteiger partial charge on any atom is 0.230 e. The third-order valence-electron chi connectivity index (χ3n) is 3.54. The van der Waals surface area contributed by atoms with Crippen molar-refractivity contribution < 1.29 is 9.53 Å². The minimum Gasteiger partial charge on any atom is -0.379 e. The standard InChI is InChI=1S/C14H21N3O2/c1-3-17(8-11-6-4-5-7-16-11)14(18)12-9-19-10-13(12)15-2/h4-7,12-13,15H,3,8-10H2,1-2H3. The van der Waals surface area contributed by atoms with Crippen molar-refractivity contribution in [1.29, 1.82) is 0 Å². The fourth-order valence-electron chi connectivity index (χ4n) is 2.35. The molecule has 2 unspecified atom stereocenters. The quantitative estimate of drug-likeness (QED) is 0.848. The molecular weight excluding hydrogens is 242 g/mol. The highest BCUT2D eigenvalue weighted by Crippen LogP contribution is 2.17. The van der Waals surface area contributed by atoms with Gasteiger partial charge in [0.1, 0.15) is 0 Å². The summed E-state index contributed by atoms with van der Waals surface area (Å²) < 4.78 is 5.40. The van der Waals surface area contributed by atoms with Gasteiger partial charge >= 0.3 is 0 Å². The van der Waals surface area contributed by atoms with Gasteiger partial charge in [0.15, 0.2) is 0 Å². The predicted molar refractivity (Wildman–Crippen MR) is 72.5 cm³/mol. The van der Waals surface area contributed by atoms with Crippen LogP contribution in [0.4, 0.5) is 0 Å². The van der Waals surface area contributed by atoms with Crippen LogP contribution in [0.5, 0.6) is 0 Å². The SMILES string of the molecule is CCN(Cc1ccccn1)C(=O)C1COCC1NC. The normalized spacial score (nSPS) is 22.4. The first-order chi connectivity index (χ1) is 9.26. The second kappa shape index (κ2) is 6.63. The molecule has 104 valence electrons. The van der Waals surface area contributed by atoms with Gasteiger partial charge in [-0.15, -0.1) is 0 Å². The zero-order valence-corrected chi connectivity index (χ0v) is 11.5. The Labute approximate surface area is 114 Å². The first-order valence-corrected chi connectivity index (χ1v) is 6.70. The summed E-state index contributed by atoms with van der Waals surface area (Å²) in [7, 11) is 1.87. The highest BCUT2D eigenvalue weighted by Gasteiger charge is 2.35. The Morgan fingerprint density at radius 1 is 1.53 bits per heavy atom. The average molecular weight is 263 g/mol. The highest BCUT2D eigenvalue weighted by atomic mass is 16.5. The molecule has 1 aliphatic heterocycles. The lowest BCUT2D eigenvalue weighted by atomic mass is 10.0. The maximum atomic E-state index is 12.5. The molecule has 0 spiro atoms. The first-order valence-electron chi connectivity index (χ1n) is 6.70. The van der Waals surface area contributed by atoms with Gasteiger partial charge in [0.25, 0.3) is 0 Å². The fourth-order valence-corrected chi connectivity index (χ4v) is 2.35. The van der Waals surface area contributed by atoms with Gasteiger partial charge in [0.2, 0.25) is 5.91 Å². The van der Waals surface area contributed by atoms with Crippen LogP contribution in [0.25, 0.3) is 0 Å². The first kappa shape index (κ1) is 14.0. The smallest absolute Gasteiger partial charge is 0.230 e. The third kappa shape index (κ3) is 3.30. The number of hydrogen-bond acceptors (Lipinski definition) is 4. The molecule has 1 aliphatic rings. The van der Waals surface area contributed by atoms with Gasteiger partial charge in [-0.05, 0) is 26.1 Å². The van der Waals surface area contributed by atoms with E-state index in [1.807, 2.05) is 37.1 Å². The number of hydrogen-bond donors (Lipinski definition) is 1. The van der Waals surface area contributed by atoms with Crippen molar-refractivity contribution in [2.75, 3.05) is 26.8 Å². The van der Waals surface area contributed by atoms with Crippen LogP contribution in [0.2, 0.25) is 0 Å². The number of ether oxygens (including phenoxy) is 1. The second-order valence-electron chi connectivity index (χ2n) is 4.71. The molecule has 1 amide bonds. The van der Waals surface area contributed by atoms with Gasteiger partial charge < -0.3 is 15.0 Å². The maximum absolute atomic E-state index is 12.5. The molecule has 0 aliphatic carbocycles. The van der Waals surface area contributed by atoms with E-state index in [-0.39, 0.29) is 17.9 Å². The van der Waals surface area contributed by atoms with E-state index in [1.54, 1.807) is 6.20 Å². The number of carbonyl (C=O) groups excluding carboxylic acids is 1. The minimum absolute atomic E-state index is 0.0892. The Bertz CT molecular complexity index is 410. The number of aromatic nitrogens is 1. The summed E-state index contributed by atoms with van der Waals surface area (Å²) in [5.41, 5.74) is 0.914. The van der Waals surface area contributed by atoms with Crippen molar-refractivity contribution in [3.8, 4) is 0 Å². The van der Waals surface area contributed by atoms with Crippen LogP contribution >= 0.6 is 0 Å². The van der Waals surface area contributed by atoms with E-state index in [0.717, 1.165) is 5.69 Å². The van der Waals surface area contributed by atoms with E-state index < -0.39 is 0 Å². The average Bonchev–Trinajstić information content (AvgIpc) is 2.93. The summed E-state index contributed by atoms with van der Waals surface area (Å²) >= 11 is 0. The summed E-state index contributed by atoms with van der Waals surface area (Å²) in [6, 6.07) is 5.88. The molecule has 1 N–H and O–H groups in total. The summed E-state index contributed by atoms with van der Waals surface area (Å²) in [6.45, 7) is 4.34. The highest BCUT2D eigenvalue weighted by molar-refractivity contribution is 5.80. The Balaban J connectivity index is 2.03. The van der Waals surface area contributed by atoms with Crippen LogP contribution in [0.3, 0.4) is 0 Å². The number of pyridine rings is 1. The van der Waals surface area contributed by atoms with Gasteiger partial charge in [0, 0.05) is 18.8 Å². The minimum atomic E-state index is -0.0892. The molecule has 1 fully saturated rings. The fraction of sp³-hybridized carbons (Fsp3) is 0.571. The summed E-state index contributed by atoms with van der Waals surface area (Å²) in [4.78, 5) is 18.6. The number of nitrogens with one attached hydrogen (secondary N) is 1. The molecule has 2 heterocycles. The number of likely N-dealkylation sites (N-methyl/N-ethyl adjacent to an activating group) is 1. The topological polar surface area (TPSA) is 54.5 Å². The second-order valence-corrected chi connectivity index (χ2v) is 4.71. The third-order valence-corrected chi connectivity index (χ3v) is 3.54. The van der Waals surface area contributed by atoms with Crippen molar-refractivity contribution >= 4 is 5.91 Å². The molecule has 1 aromatic rings. The lowest BCUT2D eigenvalue weighted by Gasteiger charge is -2.26. The Morgan fingerprint density at radius 2 is 2.37 bits per heavy atom. The van der Waals surface area contributed by atoms with Crippen molar-refractivity contribution in [3.63, 3.8) is 0 Å². The number of amides is 1. The zero-order valence-electron chi connectivity index (χ0n) is 11.5. The van der Waals surface area contributed by atoms with E-state index >= 15 is 0 Å². The van der Waals surface area contributed by atoms with Crippen LogP contribution in [0.15, 0.2) is 24.4 Å². The molecule has 5 heteroatoms. The monoisotopic (exact) mass is 263 g/mol. The largest absolute Gasteiger partial charge is 0.379 e. The van der Waals surface area contributed by atoms with Crippen LogP contribution in [-0.4, -0.2) is 48.6 Å². The Kier molecular flexibility index (Phi) is 4.87.